The number of rotatable bonds is 5. The molecule has 1 N–H and O–H groups in total. The van der Waals surface area contributed by atoms with Gasteiger partial charge in [0.15, 0.2) is 11.8 Å². The zero-order valence-corrected chi connectivity index (χ0v) is 14.9. The quantitative estimate of drug-likeness (QED) is 0.405. The fourth-order valence-corrected chi connectivity index (χ4v) is 2.98. The molecule has 96 valence electrons. The third-order valence-corrected chi connectivity index (χ3v) is 3.88. The van der Waals surface area contributed by atoms with Crippen molar-refractivity contribution in [1.82, 2.24) is 5.32 Å². The first-order valence-electron chi connectivity index (χ1n) is 5.61. The Labute approximate surface area is 140 Å². The summed E-state index contributed by atoms with van der Waals surface area (Å²) < 4.78 is 0. The van der Waals surface area contributed by atoms with Crippen LogP contribution in [0.3, 0.4) is 0 Å². The summed E-state index contributed by atoms with van der Waals surface area (Å²) in [7, 11) is 0. The van der Waals surface area contributed by atoms with Gasteiger partial charge in [0.05, 0.1) is 5.41 Å². The summed E-state index contributed by atoms with van der Waals surface area (Å²) in [5.41, 5.74) is -1.03. The smallest absolute Gasteiger partial charge is 0.418 e. The van der Waals surface area contributed by atoms with Crippen LogP contribution >= 0.6 is 24.0 Å². The fourth-order valence-electron chi connectivity index (χ4n) is 1.88. The van der Waals surface area contributed by atoms with E-state index in [0.717, 1.165) is 5.75 Å². The van der Waals surface area contributed by atoms with Crippen molar-refractivity contribution in [2.24, 2.45) is 11.3 Å². The monoisotopic (exact) mass is 296 g/mol. The van der Waals surface area contributed by atoms with Crippen LogP contribution in [-0.4, -0.2) is 28.4 Å². The van der Waals surface area contributed by atoms with Gasteiger partial charge >= 0.3 is 29.6 Å². The van der Waals surface area contributed by atoms with Gasteiger partial charge in [-0.2, -0.15) is 11.8 Å². The number of amides is 2. The van der Waals surface area contributed by atoms with E-state index in [-0.39, 0.29) is 52.4 Å². The Morgan fingerprint density at radius 3 is 2.50 bits per heavy atom. The second-order valence-electron chi connectivity index (χ2n) is 4.49. The Morgan fingerprint density at radius 1 is 1.44 bits per heavy atom. The molecule has 0 saturated carbocycles. The Hall–Kier alpha value is 0.380. The molecule has 0 aromatic carbocycles. The normalized spacial score (nSPS) is 23.4. The standard InChI is InChI=1S/C11H18N2O2S2.Na/c1-4-17-6-11(5-7(2)3)8(14)12-10(16)13-9(11)15;/h7H,4-6H2,1-3H3,(H2,12,13,14,15,16);/q;+1/p-1. The van der Waals surface area contributed by atoms with E-state index in [9.17, 15) is 9.59 Å². The molecule has 0 radical (unpaired) electrons. The van der Waals surface area contributed by atoms with Gasteiger partial charge in [-0.25, -0.2) is 0 Å². The summed E-state index contributed by atoms with van der Waals surface area (Å²) in [6.45, 7) is 5.98. The Balaban J connectivity index is 0.00000289. The Bertz CT molecular complexity index is 328. The SMILES string of the molecule is CCSCC1(CC(C)C)C(=O)[N-]C(=S)NC1=O.[Na+]. The van der Waals surface area contributed by atoms with Crippen molar-refractivity contribution in [3.63, 3.8) is 0 Å². The maximum absolute atomic E-state index is 12.1. The van der Waals surface area contributed by atoms with Crippen LogP contribution < -0.4 is 34.9 Å². The second kappa shape index (κ2) is 7.85. The van der Waals surface area contributed by atoms with Crippen LogP contribution in [0, 0.1) is 11.3 Å². The molecule has 1 saturated heterocycles. The van der Waals surface area contributed by atoms with Crippen LogP contribution in [0.4, 0.5) is 0 Å². The molecular formula is C11H17N2NaO2S2. The Morgan fingerprint density at radius 2 is 2.06 bits per heavy atom. The van der Waals surface area contributed by atoms with Gasteiger partial charge in [-0.3, -0.25) is 9.59 Å². The molecule has 1 fully saturated rings. The molecule has 1 heterocycles. The summed E-state index contributed by atoms with van der Waals surface area (Å²) in [5, 5.41) is 6.23. The number of hydrogen-bond donors (Lipinski definition) is 1. The van der Waals surface area contributed by atoms with E-state index in [1.807, 2.05) is 20.8 Å². The number of carbonyl (C=O) groups is 2. The van der Waals surface area contributed by atoms with Crippen molar-refractivity contribution in [2.45, 2.75) is 27.2 Å². The van der Waals surface area contributed by atoms with Crippen molar-refractivity contribution < 1.29 is 39.1 Å². The van der Waals surface area contributed by atoms with Gasteiger partial charge in [0.1, 0.15) is 0 Å². The average molecular weight is 296 g/mol. The molecule has 0 spiro atoms. The Kier molecular flexibility index (Phi) is 8.01. The van der Waals surface area contributed by atoms with Crippen LogP contribution in [0.15, 0.2) is 0 Å². The van der Waals surface area contributed by atoms with Crippen LogP contribution in [0.1, 0.15) is 27.2 Å². The predicted octanol–water partition coefficient (Wildman–Crippen LogP) is -0.909. The minimum Gasteiger partial charge on any atom is -0.418 e. The molecule has 2 amide bonds. The van der Waals surface area contributed by atoms with Gasteiger partial charge in [0.2, 0.25) is 0 Å². The zero-order valence-electron chi connectivity index (χ0n) is 11.3. The van der Waals surface area contributed by atoms with Gasteiger partial charge in [-0.05, 0) is 18.1 Å². The van der Waals surface area contributed by atoms with E-state index in [1.54, 1.807) is 11.8 Å². The zero-order chi connectivity index (χ0) is 13.1. The largest absolute Gasteiger partial charge is 1.00 e. The summed E-state index contributed by atoms with van der Waals surface area (Å²) in [4.78, 5) is 24.1. The minimum atomic E-state index is -1.03. The van der Waals surface area contributed by atoms with Gasteiger partial charge in [0, 0.05) is 10.9 Å². The molecule has 1 unspecified atom stereocenters. The molecule has 0 aliphatic carbocycles. The van der Waals surface area contributed by atoms with E-state index in [1.165, 1.54) is 0 Å². The molecule has 1 atom stereocenters. The molecule has 7 heteroatoms. The van der Waals surface area contributed by atoms with E-state index in [0.29, 0.717) is 12.2 Å². The van der Waals surface area contributed by atoms with Crippen LogP contribution in [0.2, 0.25) is 0 Å². The predicted molar refractivity (Wildman–Crippen MR) is 74.0 cm³/mol. The summed E-state index contributed by atoms with van der Waals surface area (Å²) >= 11 is 6.34. The van der Waals surface area contributed by atoms with Crippen molar-refractivity contribution >= 4 is 40.9 Å². The maximum Gasteiger partial charge on any atom is 1.00 e. The van der Waals surface area contributed by atoms with E-state index in [4.69, 9.17) is 12.2 Å². The third-order valence-electron chi connectivity index (χ3n) is 2.58. The minimum absolute atomic E-state index is 0. The van der Waals surface area contributed by atoms with Crippen LogP contribution in [0.5, 0.6) is 0 Å². The average Bonchev–Trinajstić information content (AvgIpc) is 2.21. The summed E-state index contributed by atoms with van der Waals surface area (Å²) in [6.07, 6.45) is 0.511. The fraction of sp³-hybridized carbons (Fsp3) is 0.727. The first-order valence-corrected chi connectivity index (χ1v) is 7.18. The van der Waals surface area contributed by atoms with Crippen molar-refractivity contribution in [3.8, 4) is 0 Å². The first kappa shape index (κ1) is 18.4. The van der Waals surface area contributed by atoms with Gasteiger partial charge in [-0.15, -0.1) is 0 Å². The number of thiocarbonyl (C=S) groups is 1. The molecule has 0 aromatic rings. The van der Waals surface area contributed by atoms with Crippen LogP contribution in [0.25, 0.3) is 5.32 Å². The number of nitrogens with zero attached hydrogens (tertiary/aromatic N) is 1. The number of hydrogen-bond acceptors (Lipinski definition) is 4. The molecule has 1 aliphatic rings. The summed E-state index contributed by atoms with van der Waals surface area (Å²) in [6, 6.07) is 0. The van der Waals surface area contributed by atoms with Gasteiger partial charge in [0.25, 0.3) is 0 Å². The number of nitrogens with one attached hydrogen (secondary N) is 1. The van der Waals surface area contributed by atoms with Gasteiger partial charge < -0.3 is 10.6 Å². The maximum atomic E-state index is 12.1. The van der Waals surface area contributed by atoms with E-state index in [2.05, 4.69) is 10.6 Å². The molecule has 1 aliphatic heterocycles. The van der Waals surface area contributed by atoms with Gasteiger partial charge in [-0.1, -0.05) is 33.0 Å². The first-order chi connectivity index (χ1) is 7.92. The second-order valence-corrected chi connectivity index (χ2v) is 6.15. The number of carbonyl (C=O) groups excluding carboxylic acids is 2. The molecular weight excluding hydrogens is 279 g/mol. The molecule has 0 aromatic heterocycles. The van der Waals surface area contributed by atoms with Crippen LogP contribution in [-0.2, 0) is 9.59 Å². The van der Waals surface area contributed by atoms with E-state index >= 15 is 0 Å². The van der Waals surface area contributed by atoms with Crippen molar-refractivity contribution in [3.05, 3.63) is 5.32 Å². The molecule has 1 rings (SSSR count). The van der Waals surface area contributed by atoms with Crippen molar-refractivity contribution in [1.29, 1.82) is 0 Å². The summed E-state index contributed by atoms with van der Waals surface area (Å²) in [5.74, 6) is 0.908. The van der Waals surface area contributed by atoms with E-state index < -0.39 is 5.41 Å². The van der Waals surface area contributed by atoms with Crippen molar-refractivity contribution in [2.75, 3.05) is 11.5 Å². The topological polar surface area (TPSA) is 60.3 Å². The number of thioether (sulfide) groups is 1. The molecule has 4 nitrogen and oxygen atoms in total. The third kappa shape index (κ3) is 4.20. The molecule has 18 heavy (non-hydrogen) atoms. The molecule has 0 bridgehead atoms.